The molecule has 0 saturated carbocycles. The molecule has 2 aromatic carbocycles. The van der Waals surface area contributed by atoms with E-state index in [0.717, 1.165) is 11.1 Å². The average molecular weight is 468 g/mol. The summed E-state index contributed by atoms with van der Waals surface area (Å²) < 4.78 is 11.2. The van der Waals surface area contributed by atoms with Crippen LogP contribution in [0.2, 0.25) is 0 Å². The Bertz CT molecular complexity index is 1250. The van der Waals surface area contributed by atoms with E-state index in [4.69, 9.17) is 8.83 Å². The third-order valence-electron chi connectivity index (χ3n) is 6.09. The summed E-state index contributed by atoms with van der Waals surface area (Å²) in [5, 5.41) is 13.0. The number of nitrogens with one attached hydrogen (secondary N) is 1. The van der Waals surface area contributed by atoms with Gasteiger partial charge in [-0.15, -0.1) is 0 Å². The molecular formula is C27H25N5O3. The predicted molar refractivity (Wildman–Crippen MR) is 130 cm³/mol. The summed E-state index contributed by atoms with van der Waals surface area (Å²) in [6.45, 7) is 2.39. The number of carbonyl (C=O) groups excluding carboxylic acids is 1. The van der Waals surface area contributed by atoms with E-state index in [1.807, 2.05) is 46.2 Å². The van der Waals surface area contributed by atoms with Crippen molar-refractivity contribution in [1.29, 1.82) is 5.26 Å². The van der Waals surface area contributed by atoms with Gasteiger partial charge in [0.05, 0.1) is 18.8 Å². The van der Waals surface area contributed by atoms with Gasteiger partial charge in [0.1, 0.15) is 6.07 Å². The lowest BCUT2D eigenvalue weighted by molar-refractivity contribution is -0.130. The summed E-state index contributed by atoms with van der Waals surface area (Å²) in [6.07, 6.45) is 1.53. The number of carbonyl (C=O) groups is 1. The van der Waals surface area contributed by atoms with Crippen LogP contribution in [0.15, 0.2) is 87.9 Å². The highest BCUT2D eigenvalue weighted by atomic mass is 16.4. The summed E-state index contributed by atoms with van der Waals surface area (Å²) in [7, 11) is 0. The number of aromatic nitrogens is 1. The molecule has 0 aliphatic carbocycles. The maximum absolute atomic E-state index is 13.0. The number of benzene rings is 2. The topological polar surface area (TPSA) is 98.5 Å². The summed E-state index contributed by atoms with van der Waals surface area (Å²) >= 11 is 0. The number of rotatable bonds is 7. The van der Waals surface area contributed by atoms with E-state index in [0.29, 0.717) is 37.8 Å². The molecule has 1 aliphatic heterocycles. The molecule has 8 nitrogen and oxygen atoms in total. The highest BCUT2D eigenvalue weighted by Gasteiger charge is 2.27. The van der Waals surface area contributed by atoms with Crippen molar-refractivity contribution in [3.8, 4) is 17.7 Å². The number of nitriles is 1. The van der Waals surface area contributed by atoms with Gasteiger partial charge in [-0.2, -0.15) is 10.2 Å². The van der Waals surface area contributed by atoms with Crippen LogP contribution in [-0.2, 0) is 4.79 Å². The standard InChI is InChI=1S/C27H25N5O3/c28-18-22-27(35-26(30-22)23-12-7-17-34-23)32-15-13-31(14-16-32)24(33)19-29-25(20-8-3-1-4-9-20)21-10-5-2-6-11-21/h1-12,17,25,29H,13-16,19H2. The molecule has 0 spiro atoms. The summed E-state index contributed by atoms with van der Waals surface area (Å²) in [4.78, 5) is 21.1. The highest BCUT2D eigenvalue weighted by Crippen LogP contribution is 2.29. The van der Waals surface area contributed by atoms with Gasteiger partial charge in [0.25, 0.3) is 5.89 Å². The lowest BCUT2D eigenvalue weighted by Gasteiger charge is -2.35. The summed E-state index contributed by atoms with van der Waals surface area (Å²) in [6, 6.07) is 25.7. The second-order valence-corrected chi connectivity index (χ2v) is 8.26. The Balaban J connectivity index is 1.22. The van der Waals surface area contributed by atoms with Gasteiger partial charge in [0.2, 0.25) is 17.5 Å². The summed E-state index contributed by atoms with van der Waals surface area (Å²) in [5.74, 6) is 1.20. The number of oxazole rings is 1. The van der Waals surface area contributed by atoms with Crippen molar-refractivity contribution < 1.29 is 13.6 Å². The smallest absolute Gasteiger partial charge is 0.266 e. The molecule has 0 bridgehead atoms. The SMILES string of the molecule is N#Cc1nc(-c2ccco2)oc1N1CCN(C(=O)CNC(c2ccccc2)c2ccccc2)CC1. The van der Waals surface area contributed by atoms with Crippen molar-refractivity contribution in [2.24, 2.45) is 0 Å². The monoisotopic (exact) mass is 467 g/mol. The normalized spacial score (nSPS) is 13.7. The van der Waals surface area contributed by atoms with Crippen LogP contribution in [0.4, 0.5) is 5.88 Å². The minimum Gasteiger partial charge on any atom is -0.459 e. The van der Waals surface area contributed by atoms with Crippen molar-refractivity contribution in [2.75, 3.05) is 37.6 Å². The number of hydrogen-bond donors (Lipinski definition) is 1. The maximum Gasteiger partial charge on any atom is 0.266 e. The Hall–Kier alpha value is -4.35. The molecule has 5 rings (SSSR count). The highest BCUT2D eigenvalue weighted by molar-refractivity contribution is 5.78. The van der Waals surface area contributed by atoms with Crippen LogP contribution in [0.5, 0.6) is 0 Å². The molecule has 4 aromatic rings. The van der Waals surface area contributed by atoms with Crippen molar-refractivity contribution in [1.82, 2.24) is 15.2 Å². The van der Waals surface area contributed by atoms with Gasteiger partial charge < -0.3 is 18.6 Å². The zero-order valence-electron chi connectivity index (χ0n) is 19.1. The van der Waals surface area contributed by atoms with Crippen molar-refractivity contribution in [3.05, 3.63) is 95.9 Å². The van der Waals surface area contributed by atoms with Gasteiger partial charge in [-0.25, -0.2) is 0 Å². The van der Waals surface area contributed by atoms with E-state index >= 15 is 0 Å². The first-order valence-corrected chi connectivity index (χ1v) is 11.5. The van der Waals surface area contributed by atoms with Gasteiger partial charge in [-0.1, -0.05) is 60.7 Å². The second-order valence-electron chi connectivity index (χ2n) is 8.26. The van der Waals surface area contributed by atoms with Gasteiger partial charge in [-0.3, -0.25) is 10.1 Å². The number of piperazine rings is 1. The van der Waals surface area contributed by atoms with Crippen LogP contribution in [0.3, 0.4) is 0 Å². The van der Waals surface area contributed by atoms with E-state index in [9.17, 15) is 10.1 Å². The van der Waals surface area contributed by atoms with Crippen LogP contribution in [0.1, 0.15) is 22.9 Å². The zero-order chi connectivity index (χ0) is 24.0. The first kappa shape index (κ1) is 22.4. The number of furan rings is 1. The molecule has 0 radical (unpaired) electrons. The molecule has 1 aliphatic rings. The fourth-order valence-corrected chi connectivity index (χ4v) is 4.28. The van der Waals surface area contributed by atoms with Gasteiger partial charge >= 0.3 is 0 Å². The second kappa shape index (κ2) is 10.3. The van der Waals surface area contributed by atoms with E-state index in [1.54, 1.807) is 12.1 Å². The van der Waals surface area contributed by atoms with Crippen molar-refractivity contribution in [2.45, 2.75) is 6.04 Å². The van der Waals surface area contributed by atoms with Crippen LogP contribution >= 0.6 is 0 Å². The lowest BCUT2D eigenvalue weighted by Crippen LogP contribution is -2.51. The minimum atomic E-state index is -0.0740. The largest absolute Gasteiger partial charge is 0.459 e. The molecule has 1 fully saturated rings. The molecule has 2 aromatic heterocycles. The minimum absolute atomic E-state index is 0.0378. The van der Waals surface area contributed by atoms with Crippen molar-refractivity contribution >= 4 is 11.8 Å². The molecule has 1 amide bonds. The van der Waals surface area contributed by atoms with E-state index in [2.05, 4.69) is 40.6 Å². The fourth-order valence-electron chi connectivity index (χ4n) is 4.28. The van der Waals surface area contributed by atoms with Gasteiger partial charge in [0, 0.05) is 26.2 Å². The van der Waals surface area contributed by atoms with Crippen LogP contribution in [0.25, 0.3) is 11.7 Å². The Morgan fingerprint density at radius 3 is 2.20 bits per heavy atom. The van der Waals surface area contributed by atoms with Gasteiger partial charge in [0.15, 0.2) is 5.76 Å². The predicted octanol–water partition coefficient (Wildman–Crippen LogP) is 3.83. The Morgan fingerprint density at radius 1 is 0.971 bits per heavy atom. The Morgan fingerprint density at radius 2 is 1.63 bits per heavy atom. The summed E-state index contributed by atoms with van der Waals surface area (Å²) in [5.41, 5.74) is 2.43. The zero-order valence-corrected chi connectivity index (χ0v) is 19.1. The van der Waals surface area contributed by atoms with Crippen molar-refractivity contribution in [3.63, 3.8) is 0 Å². The molecular weight excluding hydrogens is 442 g/mol. The third kappa shape index (κ3) is 4.95. The van der Waals surface area contributed by atoms with Crippen LogP contribution < -0.4 is 10.2 Å². The fraction of sp³-hybridized carbons (Fsp3) is 0.222. The molecule has 35 heavy (non-hydrogen) atoms. The lowest BCUT2D eigenvalue weighted by atomic mass is 9.99. The maximum atomic E-state index is 13.0. The first-order valence-electron chi connectivity index (χ1n) is 11.5. The number of anilines is 1. The number of nitrogens with zero attached hydrogens (tertiary/aromatic N) is 4. The van der Waals surface area contributed by atoms with Crippen LogP contribution in [-0.4, -0.2) is 48.5 Å². The number of hydrogen-bond acceptors (Lipinski definition) is 7. The third-order valence-corrected chi connectivity index (χ3v) is 6.09. The van der Waals surface area contributed by atoms with Gasteiger partial charge in [-0.05, 0) is 23.3 Å². The molecule has 0 unspecified atom stereocenters. The first-order chi connectivity index (χ1) is 17.2. The molecule has 176 valence electrons. The van der Waals surface area contributed by atoms with E-state index in [-0.39, 0.29) is 30.1 Å². The average Bonchev–Trinajstić information content (AvgIpc) is 3.60. The molecule has 3 heterocycles. The Labute approximate surface area is 203 Å². The van der Waals surface area contributed by atoms with E-state index < -0.39 is 0 Å². The quantitative estimate of drug-likeness (QED) is 0.441. The van der Waals surface area contributed by atoms with Crippen LogP contribution in [0, 0.1) is 11.3 Å². The molecule has 1 saturated heterocycles. The van der Waals surface area contributed by atoms with E-state index in [1.165, 1.54) is 6.26 Å². The molecule has 0 atom stereocenters. The molecule has 1 N–H and O–H groups in total. The molecule has 8 heteroatoms. The number of amides is 1. The Kier molecular flexibility index (Phi) is 6.59.